The number of anilines is 1. The van der Waals surface area contributed by atoms with E-state index in [2.05, 4.69) is 38.6 Å². The molecule has 4 aromatic rings. The first kappa shape index (κ1) is 18.6. The highest BCUT2D eigenvalue weighted by Gasteiger charge is 2.20. The number of rotatable bonds is 5. The zero-order valence-corrected chi connectivity index (χ0v) is 17.2. The van der Waals surface area contributed by atoms with Crippen molar-refractivity contribution in [2.75, 3.05) is 5.32 Å². The number of nitrogens with zero attached hydrogens (tertiary/aromatic N) is 3. The van der Waals surface area contributed by atoms with Crippen LogP contribution in [0.4, 0.5) is 5.82 Å². The van der Waals surface area contributed by atoms with Gasteiger partial charge in [0.25, 0.3) is 0 Å². The monoisotopic (exact) mass is 410 g/mol. The van der Waals surface area contributed by atoms with E-state index in [-0.39, 0.29) is 11.2 Å². The van der Waals surface area contributed by atoms with Crippen molar-refractivity contribution in [3.63, 3.8) is 0 Å². The summed E-state index contributed by atoms with van der Waals surface area (Å²) in [6.07, 6.45) is 0. The molecular formula is C20H18N4O2S2. The molecule has 0 aliphatic heterocycles. The molecule has 6 nitrogen and oxygen atoms in total. The molecule has 0 aliphatic carbocycles. The summed E-state index contributed by atoms with van der Waals surface area (Å²) in [6.45, 7) is 5.50. The number of aryl methyl sites for hydroxylation is 2. The number of thioether (sulfide) groups is 1. The lowest BCUT2D eigenvalue weighted by Crippen LogP contribution is -2.22. The van der Waals surface area contributed by atoms with Crippen molar-refractivity contribution in [1.82, 2.24) is 15.1 Å². The minimum absolute atomic E-state index is 0.152. The van der Waals surface area contributed by atoms with Crippen molar-refractivity contribution in [2.45, 2.75) is 31.0 Å². The van der Waals surface area contributed by atoms with Crippen molar-refractivity contribution in [1.29, 1.82) is 0 Å². The third-order valence-electron chi connectivity index (χ3n) is 4.06. The number of fused-ring (bicyclic) bond motifs is 1. The minimum atomic E-state index is -0.352. The highest BCUT2D eigenvalue weighted by atomic mass is 32.2. The van der Waals surface area contributed by atoms with E-state index in [4.69, 9.17) is 4.52 Å². The molecule has 4 rings (SSSR count). The Hall–Kier alpha value is -2.71. The normalized spacial score (nSPS) is 12.2. The van der Waals surface area contributed by atoms with Gasteiger partial charge in [0.1, 0.15) is 21.4 Å². The molecule has 0 fully saturated rings. The summed E-state index contributed by atoms with van der Waals surface area (Å²) in [4.78, 5) is 23.7. The number of thiophene rings is 1. The fourth-order valence-electron chi connectivity index (χ4n) is 2.71. The van der Waals surface area contributed by atoms with E-state index in [0.717, 1.165) is 25.7 Å². The van der Waals surface area contributed by atoms with Gasteiger partial charge in [-0.25, -0.2) is 9.97 Å². The summed E-state index contributed by atoms with van der Waals surface area (Å²) in [6, 6.07) is 14.0. The number of nitrogens with one attached hydrogen (secondary N) is 1. The van der Waals surface area contributed by atoms with Gasteiger partial charge in [0, 0.05) is 16.3 Å². The molecular weight excluding hydrogens is 392 g/mol. The topological polar surface area (TPSA) is 80.9 Å². The van der Waals surface area contributed by atoms with Gasteiger partial charge < -0.3 is 9.84 Å². The summed E-state index contributed by atoms with van der Waals surface area (Å²) in [5.74, 6) is 1.61. The zero-order valence-electron chi connectivity index (χ0n) is 15.6. The maximum atomic E-state index is 12.5. The Labute approximate surface area is 170 Å². The molecule has 1 unspecified atom stereocenters. The molecule has 0 spiro atoms. The molecule has 8 heteroatoms. The Bertz CT molecular complexity index is 1140. The van der Waals surface area contributed by atoms with Crippen LogP contribution in [0.3, 0.4) is 0 Å². The molecule has 3 heterocycles. The number of hydrogen-bond acceptors (Lipinski definition) is 7. The first-order chi connectivity index (χ1) is 13.5. The van der Waals surface area contributed by atoms with Gasteiger partial charge in [0.15, 0.2) is 5.82 Å². The molecule has 28 heavy (non-hydrogen) atoms. The number of hydrogen-bond donors (Lipinski definition) is 1. The van der Waals surface area contributed by atoms with Gasteiger partial charge in [-0.1, -0.05) is 47.3 Å². The Morgan fingerprint density at radius 1 is 1.18 bits per heavy atom. The van der Waals surface area contributed by atoms with Crippen molar-refractivity contribution in [3.05, 3.63) is 54.0 Å². The fourth-order valence-corrected chi connectivity index (χ4v) is 4.82. The van der Waals surface area contributed by atoms with E-state index in [1.54, 1.807) is 24.3 Å². The number of carbonyl (C=O) groups is 1. The van der Waals surface area contributed by atoms with Gasteiger partial charge in [0.05, 0.1) is 5.25 Å². The molecule has 0 aliphatic rings. The smallest absolute Gasteiger partial charge is 0.238 e. The first-order valence-electron chi connectivity index (χ1n) is 8.74. The van der Waals surface area contributed by atoms with Crippen LogP contribution in [0.25, 0.3) is 20.7 Å². The van der Waals surface area contributed by atoms with Gasteiger partial charge in [0.2, 0.25) is 5.91 Å². The molecule has 1 atom stereocenters. The summed E-state index contributed by atoms with van der Waals surface area (Å²) in [5, 5.41) is 8.00. The lowest BCUT2D eigenvalue weighted by atomic mass is 10.2. The van der Waals surface area contributed by atoms with Crippen LogP contribution in [-0.2, 0) is 4.79 Å². The maximum Gasteiger partial charge on any atom is 0.238 e. The standard InChI is InChI=1S/C20H18N4O2S2/c1-11-9-17(24-26-11)23-18(25)12(2)27-19-15-10-16(14-7-5-4-6-8-14)28-20(15)22-13(3)21-19/h4-10,12H,1-3H3,(H,23,24,25). The van der Waals surface area contributed by atoms with Crippen molar-refractivity contribution in [3.8, 4) is 10.4 Å². The van der Waals surface area contributed by atoms with Crippen LogP contribution in [0.2, 0.25) is 0 Å². The largest absolute Gasteiger partial charge is 0.360 e. The quantitative estimate of drug-likeness (QED) is 0.365. The molecule has 142 valence electrons. The number of amides is 1. The zero-order chi connectivity index (χ0) is 19.7. The van der Waals surface area contributed by atoms with E-state index in [1.807, 2.05) is 32.0 Å². The fraction of sp³-hybridized carbons (Fsp3) is 0.200. The van der Waals surface area contributed by atoms with Crippen molar-refractivity contribution < 1.29 is 9.32 Å². The predicted molar refractivity (Wildman–Crippen MR) is 113 cm³/mol. The van der Waals surface area contributed by atoms with Gasteiger partial charge >= 0.3 is 0 Å². The van der Waals surface area contributed by atoms with E-state index < -0.39 is 0 Å². The second-order valence-corrected chi connectivity index (χ2v) is 8.70. The third-order valence-corrected chi connectivity index (χ3v) is 6.24. The Kier molecular flexibility index (Phi) is 5.15. The van der Waals surface area contributed by atoms with Crippen LogP contribution in [0.1, 0.15) is 18.5 Å². The lowest BCUT2D eigenvalue weighted by Gasteiger charge is -2.10. The number of carbonyl (C=O) groups excluding carboxylic acids is 1. The highest BCUT2D eigenvalue weighted by molar-refractivity contribution is 8.00. The lowest BCUT2D eigenvalue weighted by molar-refractivity contribution is -0.115. The second kappa shape index (κ2) is 7.73. The molecule has 0 bridgehead atoms. The second-order valence-electron chi connectivity index (χ2n) is 6.34. The first-order valence-corrected chi connectivity index (χ1v) is 10.4. The number of aromatic nitrogens is 3. The molecule has 1 aromatic carbocycles. The van der Waals surface area contributed by atoms with Crippen LogP contribution in [-0.4, -0.2) is 26.3 Å². The van der Waals surface area contributed by atoms with E-state index in [1.165, 1.54) is 11.8 Å². The summed E-state index contributed by atoms with van der Waals surface area (Å²) in [5.41, 5.74) is 1.14. The van der Waals surface area contributed by atoms with Gasteiger partial charge in [-0.05, 0) is 32.4 Å². The van der Waals surface area contributed by atoms with Crippen LogP contribution < -0.4 is 5.32 Å². The molecule has 1 amide bonds. The van der Waals surface area contributed by atoms with Crippen molar-refractivity contribution in [2.24, 2.45) is 0 Å². The Morgan fingerprint density at radius 3 is 2.68 bits per heavy atom. The Balaban J connectivity index is 1.60. The molecule has 0 radical (unpaired) electrons. The summed E-state index contributed by atoms with van der Waals surface area (Å²) >= 11 is 3.05. The van der Waals surface area contributed by atoms with Crippen LogP contribution >= 0.6 is 23.1 Å². The van der Waals surface area contributed by atoms with Crippen LogP contribution in [0, 0.1) is 13.8 Å². The maximum absolute atomic E-state index is 12.5. The van der Waals surface area contributed by atoms with E-state index in [0.29, 0.717) is 17.4 Å². The van der Waals surface area contributed by atoms with Gasteiger partial charge in [-0.15, -0.1) is 11.3 Å². The van der Waals surface area contributed by atoms with Gasteiger partial charge in [-0.2, -0.15) is 0 Å². The summed E-state index contributed by atoms with van der Waals surface area (Å²) < 4.78 is 4.99. The average Bonchev–Trinajstić information content (AvgIpc) is 3.28. The predicted octanol–water partition coefficient (Wildman–Crippen LogP) is 5.08. The highest BCUT2D eigenvalue weighted by Crippen LogP contribution is 2.37. The van der Waals surface area contributed by atoms with Gasteiger partial charge in [-0.3, -0.25) is 4.79 Å². The average molecular weight is 411 g/mol. The van der Waals surface area contributed by atoms with Crippen LogP contribution in [0.15, 0.2) is 52.0 Å². The van der Waals surface area contributed by atoms with E-state index in [9.17, 15) is 4.79 Å². The SMILES string of the molecule is Cc1nc(SC(C)C(=O)Nc2cc(C)on2)c2cc(-c3ccccc3)sc2n1. The van der Waals surface area contributed by atoms with Crippen molar-refractivity contribution >= 4 is 45.0 Å². The summed E-state index contributed by atoms with van der Waals surface area (Å²) in [7, 11) is 0. The Morgan fingerprint density at radius 2 is 1.96 bits per heavy atom. The third kappa shape index (κ3) is 3.93. The minimum Gasteiger partial charge on any atom is -0.360 e. The van der Waals surface area contributed by atoms with Crippen LogP contribution in [0.5, 0.6) is 0 Å². The molecule has 1 N–H and O–H groups in total. The molecule has 0 saturated heterocycles. The molecule has 3 aromatic heterocycles. The number of benzene rings is 1. The van der Waals surface area contributed by atoms with E-state index >= 15 is 0 Å². The molecule has 0 saturated carbocycles.